The SMILES string of the molecule is C.CC.CCCC(C)(C)C(CC(C)C)C(CC)CC(CC)CC. The van der Waals surface area contributed by atoms with E-state index in [4.69, 9.17) is 0 Å². The third kappa shape index (κ3) is 11.2. The minimum atomic E-state index is 0. The zero-order valence-corrected chi connectivity index (χ0v) is 17.8. The molecule has 0 aliphatic carbocycles. The van der Waals surface area contributed by atoms with Crippen molar-refractivity contribution in [3.63, 3.8) is 0 Å². The van der Waals surface area contributed by atoms with Crippen LogP contribution in [0.1, 0.15) is 122 Å². The fourth-order valence-electron chi connectivity index (χ4n) is 4.15. The van der Waals surface area contributed by atoms with Gasteiger partial charge >= 0.3 is 0 Å². The Bertz CT molecular complexity index is 222. The van der Waals surface area contributed by atoms with Crippen LogP contribution in [-0.2, 0) is 0 Å². The fourth-order valence-corrected chi connectivity index (χ4v) is 4.15. The van der Waals surface area contributed by atoms with E-state index in [0.29, 0.717) is 5.41 Å². The summed E-state index contributed by atoms with van der Waals surface area (Å²) in [5.41, 5.74) is 0.506. The summed E-state index contributed by atoms with van der Waals surface area (Å²) in [5, 5.41) is 0. The predicted octanol–water partition coefficient (Wildman–Crippen LogP) is 8.99. The Hall–Kier alpha value is 0. The maximum Gasteiger partial charge on any atom is -0.0323 e. The van der Waals surface area contributed by atoms with Gasteiger partial charge in [-0.25, -0.2) is 0 Å². The summed E-state index contributed by atoms with van der Waals surface area (Å²) in [6.45, 7) is 23.4. The van der Waals surface area contributed by atoms with Crippen LogP contribution in [0.5, 0.6) is 0 Å². The minimum absolute atomic E-state index is 0. The molecule has 144 valence electrons. The molecule has 0 aromatic rings. The molecular formula is C23H52. The molecular weight excluding hydrogens is 276 g/mol. The molecule has 0 bridgehead atoms. The van der Waals surface area contributed by atoms with Gasteiger partial charge in [0.2, 0.25) is 0 Å². The molecule has 0 heterocycles. The summed E-state index contributed by atoms with van der Waals surface area (Å²) < 4.78 is 0. The van der Waals surface area contributed by atoms with Crippen LogP contribution in [0.3, 0.4) is 0 Å². The van der Waals surface area contributed by atoms with E-state index in [1.54, 1.807) is 0 Å². The first-order chi connectivity index (χ1) is 10.3. The average molecular weight is 329 g/mol. The predicted molar refractivity (Wildman–Crippen MR) is 112 cm³/mol. The van der Waals surface area contributed by atoms with Crippen molar-refractivity contribution in [1.82, 2.24) is 0 Å². The van der Waals surface area contributed by atoms with E-state index in [0.717, 1.165) is 23.7 Å². The second-order valence-electron chi connectivity index (χ2n) is 8.06. The van der Waals surface area contributed by atoms with Crippen molar-refractivity contribution >= 4 is 0 Å². The molecule has 0 nitrogen and oxygen atoms in total. The number of hydrogen-bond acceptors (Lipinski definition) is 0. The highest BCUT2D eigenvalue weighted by Gasteiger charge is 2.35. The summed E-state index contributed by atoms with van der Waals surface area (Å²) in [7, 11) is 0. The molecule has 0 fully saturated rings. The number of rotatable bonds is 11. The van der Waals surface area contributed by atoms with Gasteiger partial charge in [0.05, 0.1) is 0 Å². The lowest BCUT2D eigenvalue weighted by Crippen LogP contribution is -2.33. The van der Waals surface area contributed by atoms with E-state index in [1.807, 2.05) is 13.8 Å². The maximum atomic E-state index is 2.53. The zero-order valence-electron chi connectivity index (χ0n) is 17.8. The Morgan fingerprint density at radius 1 is 0.783 bits per heavy atom. The Labute approximate surface area is 151 Å². The van der Waals surface area contributed by atoms with E-state index < -0.39 is 0 Å². The molecule has 0 radical (unpaired) electrons. The second kappa shape index (κ2) is 15.5. The Kier molecular flexibility index (Phi) is 18.8. The van der Waals surface area contributed by atoms with Gasteiger partial charge in [-0.05, 0) is 48.3 Å². The molecule has 0 saturated heterocycles. The van der Waals surface area contributed by atoms with E-state index in [-0.39, 0.29) is 7.43 Å². The van der Waals surface area contributed by atoms with Crippen LogP contribution < -0.4 is 0 Å². The molecule has 0 N–H and O–H groups in total. The van der Waals surface area contributed by atoms with Crippen LogP contribution in [0.25, 0.3) is 0 Å². The van der Waals surface area contributed by atoms with E-state index in [9.17, 15) is 0 Å². The number of hydrogen-bond donors (Lipinski definition) is 0. The van der Waals surface area contributed by atoms with Crippen molar-refractivity contribution in [2.75, 3.05) is 0 Å². The third-order valence-electron chi connectivity index (χ3n) is 5.51. The average Bonchev–Trinajstić information content (AvgIpc) is 2.48. The highest BCUT2D eigenvalue weighted by Crippen LogP contribution is 2.44. The van der Waals surface area contributed by atoms with Crippen LogP contribution in [0, 0.1) is 29.1 Å². The van der Waals surface area contributed by atoms with Gasteiger partial charge in [-0.3, -0.25) is 0 Å². The van der Waals surface area contributed by atoms with Crippen LogP contribution in [0.15, 0.2) is 0 Å². The standard InChI is InChI=1S/C20H42.C2H6.CH4/c1-9-13-20(7,8)19(14-16(5)6)18(12-4)15-17(10-2)11-3;1-2;/h16-19H,9-15H2,1-8H3;1-2H3;1H4. The zero-order chi connectivity index (χ0) is 17.8. The normalized spacial score (nSPS) is 14.1. The van der Waals surface area contributed by atoms with Gasteiger partial charge < -0.3 is 0 Å². The largest absolute Gasteiger partial charge is 0.0776 e. The van der Waals surface area contributed by atoms with Crippen molar-refractivity contribution in [2.24, 2.45) is 29.1 Å². The van der Waals surface area contributed by atoms with E-state index in [1.165, 1.54) is 44.9 Å². The van der Waals surface area contributed by atoms with Crippen molar-refractivity contribution < 1.29 is 0 Å². The summed E-state index contributed by atoms with van der Waals surface area (Å²) in [5.74, 6) is 3.58. The second-order valence-corrected chi connectivity index (χ2v) is 8.06. The highest BCUT2D eigenvalue weighted by molar-refractivity contribution is 4.85. The van der Waals surface area contributed by atoms with Crippen LogP contribution in [0.2, 0.25) is 0 Å². The van der Waals surface area contributed by atoms with Gasteiger partial charge in [-0.15, -0.1) is 0 Å². The molecule has 0 aliphatic heterocycles. The third-order valence-corrected chi connectivity index (χ3v) is 5.51. The van der Waals surface area contributed by atoms with Crippen LogP contribution >= 0.6 is 0 Å². The summed E-state index contributed by atoms with van der Waals surface area (Å²) in [4.78, 5) is 0. The van der Waals surface area contributed by atoms with Crippen molar-refractivity contribution in [1.29, 1.82) is 0 Å². The maximum absolute atomic E-state index is 2.53. The lowest BCUT2D eigenvalue weighted by atomic mass is 9.64. The van der Waals surface area contributed by atoms with Gasteiger partial charge in [-0.1, -0.05) is 102 Å². The van der Waals surface area contributed by atoms with Gasteiger partial charge in [0.1, 0.15) is 0 Å². The summed E-state index contributed by atoms with van der Waals surface area (Å²) in [6.07, 6.45) is 9.64. The smallest absolute Gasteiger partial charge is 0.0323 e. The molecule has 0 aromatic heterocycles. The Balaban J connectivity index is -0.00000128. The first kappa shape index (κ1) is 27.8. The molecule has 23 heavy (non-hydrogen) atoms. The molecule has 0 heteroatoms. The van der Waals surface area contributed by atoms with Gasteiger partial charge in [0.25, 0.3) is 0 Å². The van der Waals surface area contributed by atoms with Crippen molar-refractivity contribution in [2.45, 2.75) is 122 Å². The molecule has 2 unspecified atom stereocenters. The van der Waals surface area contributed by atoms with Crippen molar-refractivity contribution in [3.05, 3.63) is 0 Å². The molecule has 2 atom stereocenters. The first-order valence-corrected chi connectivity index (χ1v) is 10.3. The topological polar surface area (TPSA) is 0 Å². The molecule has 0 rings (SSSR count). The molecule has 0 saturated carbocycles. The Morgan fingerprint density at radius 2 is 1.26 bits per heavy atom. The minimum Gasteiger partial charge on any atom is -0.0776 e. The Morgan fingerprint density at radius 3 is 1.57 bits per heavy atom. The first-order valence-electron chi connectivity index (χ1n) is 10.3. The fraction of sp³-hybridized carbons (Fsp3) is 1.00. The summed E-state index contributed by atoms with van der Waals surface area (Å²) >= 11 is 0. The van der Waals surface area contributed by atoms with Crippen LogP contribution in [0.4, 0.5) is 0 Å². The van der Waals surface area contributed by atoms with Gasteiger partial charge in [0.15, 0.2) is 0 Å². The lowest BCUT2D eigenvalue weighted by Gasteiger charge is -2.42. The molecule has 0 aliphatic rings. The highest BCUT2D eigenvalue weighted by atomic mass is 14.4. The van der Waals surface area contributed by atoms with E-state index >= 15 is 0 Å². The lowest BCUT2D eigenvalue weighted by molar-refractivity contribution is 0.0823. The quantitative estimate of drug-likeness (QED) is 0.355. The van der Waals surface area contributed by atoms with Gasteiger partial charge in [0, 0.05) is 0 Å². The van der Waals surface area contributed by atoms with Crippen LogP contribution in [-0.4, -0.2) is 0 Å². The summed E-state index contributed by atoms with van der Waals surface area (Å²) in [6, 6.07) is 0. The molecule has 0 aromatic carbocycles. The van der Waals surface area contributed by atoms with Gasteiger partial charge in [-0.2, -0.15) is 0 Å². The monoisotopic (exact) mass is 328 g/mol. The molecule has 0 amide bonds. The molecule has 0 spiro atoms. The van der Waals surface area contributed by atoms with Crippen molar-refractivity contribution in [3.8, 4) is 0 Å². The van der Waals surface area contributed by atoms with E-state index in [2.05, 4.69) is 55.4 Å².